The van der Waals surface area contributed by atoms with Crippen LogP contribution in [0, 0.1) is 6.92 Å². The molecule has 0 saturated carbocycles. The fourth-order valence-corrected chi connectivity index (χ4v) is 3.73. The average Bonchev–Trinajstić information content (AvgIpc) is 2.61. The van der Waals surface area contributed by atoms with E-state index in [1.54, 1.807) is 33.0 Å². The summed E-state index contributed by atoms with van der Waals surface area (Å²) in [6.45, 7) is 6.22. The molecule has 7 heteroatoms. The van der Waals surface area contributed by atoms with Crippen LogP contribution in [0.1, 0.15) is 29.8 Å². The highest BCUT2D eigenvalue weighted by atomic mass is 32.2. The first-order chi connectivity index (χ1) is 12.7. The van der Waals surface area contributed by atoms with Crippen molar-refractivity contribution in [1.82, 2.24) is 9.62 Å². The number of nitrogens with one attached hydrogen (secondary N) is 1. The third-order valence-corrected chi connectivity index (χ3v) is 5.50. The number of carbonyl (C=O) groups excluding carboxylic acids is 1. The van der Waals surface area contributed by atoms with E-state index in [2.05, 4.69) is 4.72 Å². The first-order valence-corrected chi connectivity index (χ1v) is 10.2. The van der Waals surface area contributed by atoms with Crippen LogP contribution >= 0.6 is 0 Å². The molecule has 0 saturated heterocycles. The Balaban J connectivity index is 1.99. The highest BCUT2D eigenvalue weighted by Crippen LogP contribution is 2.14. The Morgan fingerprint density at radius 2 is 1.81 bits per heavy atom. The van der Waals surface area contributed by atoms with Crippen LogP contribution in [0.2, 0.25) is 0 Å². The van der Waals surface area contributed by atoms with Crippen LogP contribution in [0.5, 0.6) is 5.75 Å². The van der Waals surface area contributed by atoms with E-state index in [1.165, 1.54) is 17.0 Å². The number of carbonyl (C=O) groups is 1. The second-order valence-electron chi connectivity index (χ2n) is 6.69. The molecule has 0 fully saturated rings. The minimum absolute atomic E-state index is 0.0753. The van der Waals surface area contributed by atoms with Crippen LogP contribution in [0.3, 0.4) is 0 Å². The van der Waals surface area contributed by atoms with Gasteiger partial charge in [-0.2, -0.15) is 0 Å². The monoisotopic (exact) mass is 390 g/mol. The van der Waals surface area contributed by atoms with Crippen LogP contribution in [0.4, 0.5) is 0 Å². The maximum atomic E-state index is 12.6. The predicted octanol–water partition coefficient (Wildman–Crippen LogP) is 2.83. The lowest BCUT2D eigenvalue weighted by atomic mass is 10.2. The van der Waals surface area contributed by atoms with E-state index in [0.717, 1.165) is 11.3 Å². The van der Waals surface area contributed by atoms with E-state index in [-0.39, 0.29) is 16.8 Å². The number of rotatable bonds is 8. The van der Waals surface area contributed by atoms with Crippen LogP contribution in [-0.4, -0.2) is 45.5 Å². The lowest BCUT2D eigenvalue weighted by Gasteiger charge is -2.18. The molecule has 1 amide bonds. The molecule has 0 bridgehead atoms. The Bertz CT molecular complexity index is 877. The van der Waals surface area contributed by atoms with Crippen molar-refractivity contribution in [1.29, 1.82) is 0 Å². The van der Waals surface area contributed by atoms with Gasteiger partial charge < -0.3 is 9.64 Å². The SMILES string of the molecule is Cc1ccc(OCCN(C)C(=O)c2cccc(S(=O)(=O)NC(C)C)c2)cc1. The largest absolute Gasteiger partial charge is 0.492 e. The number of sulfonamides is 1. The normalized spacial score (nSPS) is 11.4. The molecular weight excluding hydrogens is 364 g/mol. The standard InChI is InChI=1S/C20H26N2O4S/c1-15(2)21-27(24,25)19-7-5-6-17(14-19)20(23)22(4)12-13-26-18-10-8-16(3)9-11-18/h5-11,14-15,21H,12-13H2,1-4H3. The summed E-state index contributed by atoms with van der Waals surface area (Å²) in [6.07, 6.45) is 0. The first kappa shape index (κ1) is 20.9. The second-order valence-corrected chi connectivity index (χ2v) is 8.41. The summed E-state index contributed by atoms with van der Waals surface area (Å²) in [4.78, 5) is 14.2. The zero-order valence-corrected chi connectivity index (χ0v) is 16.9. The zero-order valence-electron chi connectivity index (χ0n) is 16.1. The van der Waals surface area contributed by atoms with Crippen molar-refractivity contribution < 1.29 is 17.9 Å². The summed E-state index contributed by atoms with van der Waals surface area (Å²) in [5.41, 5.74) is 1.47. The van der Waals surface area contributed by atoms with E-state index < -0.39 is 10.0 Å². The molecular formula is C20H26N2O4S. The van der Waals surface area contributed by atoms with Gasteiger partial charge in [0, 0.05) is 18.7 Å². The van der Waals surface area contributed by atoms with Gasteiger partial charge in [0.25, 0.3) is 5.91 Å². The lowest BCUT2D eigenvalue weighted by Crippen LogP contribution is -2.32. The highest BCUT2D eigenvalue weighted by molar-refractivity contribution is 7.89. The molecule has 0 atom stereocenters. The Morgan fingerprint density at radius 3 is 2.44 bits per heavy atom. The molecule has 6 nitrogen and oxygen atoms in total. The third-order valence-electron chi connectivity index (χ3n) is 3.85. The fourth-order valence-electron chi connectivity index (χ4n) is 2.43. The van der Waals surface area contributed by atoms with Crippen LogP contribution in [0.25, 0.3) is 0 Å². The summed E-state index contributed by atoms with van der Waals surface area (Å²) in [5.74, 6) is 0.485. The molecule has 2 aromatic rings. The highest BCUT2D eigenvalue weighted by Gasteiger charge is 2.18. The number of benzene rings is 2. The molecule has 0 unspecified atom stereocenters. The number of hydrogen-bond acceptors (Lipinski definition) is 4. The molecule has 0 aliphatic rings. The Hall–Kier alpha value is -2.38. The van der Waals surface area contributed by atoms with Gasteiger partial charge in [0.1, 0.15) is 12.4 Å². The molecule has 146 valence electrons. The van der Waals surface area contributed by atoms with Crippen LogP contribution < -0.4 is 9.46 Å². The van der Waals surface area contributed by atoms with Gasteiger partial charge in [-0.05, 0) is 51.1 Å². The van der Waals surface area contributed by atoms with E-state index in [9.17, 15) is 13.2 Å². The van der Waals surface area contributed by atoms with Gasteiger partial charge in [-0.25, -0.2) is 13.1 Å². The number of amides is 1. The Labute approximate surface area is 161 Å². The summed E-state index contributed by atoms with van der Waals surface area (Å²) in [6, 6.07) is 13.5. The third kappa shape index (κ3) is 6.08. The first-order valence-electron chi connectivity index (χ1n) is 8.76. The van der Waals surface area contributed by atoms with Gasteiger partial charge in [0.05, 0.1) is 11.4 Å². The van der Waals surface area contributed by atoms with Gasteiger partial charge in [-0.15, -0.1) is 0 Å². The molecule has 0 aliphatic heterocycles. The quantitative estimate of drug-likeness (QED) is 0.752. The number of aryl methyl sites for hydroxylation is 1. The molecule has 27 heavy (non-hydrogen) atoms. The summed E-state index contributed by atoms with van der Waals surface area (Å²) in [5, 5.41) is 0. The molecule has 0 aliphatic carbocycles. The number of ether oxygens (including phenoxy) is 1. The molecule has 0 aromatic heterocycles. The topological polar surface area (TPSA) is 75.7 Å². The van der Waals surface area contributed by atoms with Crippen molar-refractivity contribution in [3.05, 3.63) is 59.7 Å². The van der Waals surface area contributed by atoms with Crippen LogP contribution in [0.15, 0.2) is 53.4 Å². The maximum Gasteiger partial charge on any atom is 0.253 e. The van der Waals surface area contributed by atoms with E-state index >= 15 is 0 Å². The summed E-state index contributed by atoms with van der Waals surface area (Å²) in [7, 11) is -1.98. The number of likely N-dealkylation sites (N-methyl/N-ethyl adjacent to an activating group) is 1. The Kier molecular flexibility index (Phi) is 6.98. The van der Waals surface area contributed by atoms with Crippen LogP contribution in [-0.2, 0) is 10.0 Å². The summed E-state index contributed by atoms with van der Waals surface area (Å²) < 4.78 is 32.7. The van der Waals surface area contributed by atoms with E-state index in [0.29, 0.717) is 18.7 Å². The predicted molar refractivity (Wildman–Crippen MR) is 106 cm³/mol. The van der Waals surface area contributed by atoms with Crippen molar-refractivity contribution in [3.8, 4) is 5.75 Å². The molecule has 2 rings (SSSR count). The van der Waals surface area contributed by atoms with Crippen molar-refractivity contribution in [2.45, 2.75) is 31.7 Å². The number of hydrogen-bond donors (Lipinski definition) is 1. The van der Waals surface area contributed by atoms with E-state index in [4.69, 9.17) is 4.74 Å². The number of nitrogens with zero attached hydrogens (tertiary/aromatic N) is 1. The maximum absolute atomic E-state index is 12.6. The van der Waals surface area contributed by atoms with Gasteiger partial charge >= 0.3 is 0 Å². The van der Waals surface area contributed by atoms with Crippen molar-refractivity contribution in [2.24, 2.45) is 0 Å². The van der Waals surface area contributed by atoms with Crippen molar-refractivity contribution in [2.75, 3.05) is 20.2 Å². The van der Waals surface area contributed by atoms with Crippen molar-refractivity contribution >= 4 is 15.9 Å². The van der Waals surface area contributed by atoms with Crippen molar-refractivity contribution in [3.63, 3.8) is 0 Å². The average molecular weight is 391 g/mol. The fraction of sp³-hybridized carbons (Fsp3) is 0.350. The molecule has 1 N–H and O–H groups in total. The second kappa shape index (κ2) is 9.01. The minimum Gasteiger partial charge on any atom is -0.492 e. The molecule has 0 spiro atoms. The minimum atomic E-state index is -3.64. The van der Waals surface area contributed by atoms with Gasteiger partial charge in [0.2, 0.25) is 10.0 Å². The zero-order chi connectivity index (χ0) is 20.0. The smallest absolute Gasteiger partial charge is 0.253 e. The van der Waals surface area contributed by atoms with E-state index in [1.807, 2.05) is 31.2 Å². The lowest BCUT2D eigenvalue weighted by molar-refractivity contribution is 0.0773. The molecule has 2 aromatic carbocycles. The summed E-state index contributed by atoms with van der Waals surface area (Å²) >= 11 is 0. The Morgan fingerprint density at radius 1 is 1.15 bits per heavy atom. The van der Waals surface area contributed by atoms with Gasteiger partial charge in [-0.1, -0.05) is 23.8 Å². The molecule has 0 radical (unpaired) electrons. The molecule has 0 heterocycles. The van der Waals surface area contributed by atoms with Gasteiger partial charge in [-0.3, -0.25) is 4.79 Å². The van der Waals surface area contributed by atoms with Gasteiger partial charge in [0.15, 0.2) is 0 Å².